The van der Waals surface area contributed by atoms with Gasteiger partial charge < -0.3 is 4.90 Å². The minimum atomic E-state index is 0.670. The summed E-state index contributed by atoms with van der Waals surface area (Å²) in [5.41, 5.74) is 0. The summed E-state index contributed by atoms with van der Waals surface area (Å²) in [7, 11) is 2.09. The van der Waals surface area contributed by atoms with Gasteiger partial charge in [0.05, 0.1) is 6.07 Å². The summed E-state index contributed by atoms with van der Waals surface area (Å²) in [6.45, 7) is 2.13. The molecule has 0 aromatic carbocycles. The van der Waals surface area contributed by atoms with Gasteiger partial charge in [0, 0.05) is 19.5 Å². The summed E-state index contributed by atoms with van der Waals surface area (Å²) < 4.78 is 0. The third-order valence-corrected chi connectivity index (χ3v) is 1.87. The van der Waals surface area contributed by atoms with Crippen molar-refractivity contribution in [3.8, 4) is 6.07 Å². The van der Waals surface area contributed by atoms with Gasteiger partial charge in [0.2, 0.25) is 0 Å². The van der Waals surface area contributed by atoms with Gasteiger partial charge in [0.1, 0.15) is 0 Å². The van der Waals surface area contributed by atoms with E-state index in [4.69, 9.17) is 5.26 Å². The second kappa shape index (κ2) is 3.58. The molecule has 0 aromatic heterocycles. The molecule has 2 nitrogen and oxygen atoms in total. The average molecular weight is 138 g/mol. The Morgan fingerprint density at radius 1 is 1.60 bits per heavy atom. The normalized spacial score (nSPS) is 17.3. The Labute approximate surface area is 62.4 Å². The summed E-state index contributed by atoms with van der Waals surface area (Å²) in [5.74, 6) is 0.948. The van der Waals surface area contributed by atoms with E-state index in [1.165, 1.54) is 19.4 Å². The first-order valence-electron chi connectivity index (χ1n) is 3.88. The largest absolute Gasteiger partial charge is 0.305 e. The molecule has 0 heterocycles. The van der Waals surface area contributed by atoms with Crippen LogP contribution in [-0.4, -0.2) is 25.0 Å². The zero-order chi connectivity index (χ0) is 7.40. The Kier molecular flexibility index (Phi) is 2.70. The maximum atomic E-state index is 8.29. The van der Waals surface area contributed by atoms with E-state index in [1.807, 2.05) is 0 Å². The second-order valence-electron chi connectivity index (χ2n) is 3.11. The standard InChI is InChI=1S/C8H14N2/c1-10(6-2-5-9)7-8-3-4-8/h8H,2-4,6-7H2,1H3. The lowest BCUT2D eigenvalue weighted by atomic mass is 10.3. The highest BCUT2D eigenvalue weighted by Gasteiger charge is 2.22. The molecular formula is C8H14N2. The van der Waals surface area contributed by atoms with E-state index >= 15 is 0 Å². The zero-order valence-corrected chi connectivity index (χ0v) is 6.51. The number of hydrogen-bond donors (Lipinski definition) is 0. The number of hydrogen-bond acceptors (Lipinski definition) is 2. The van der Waals surface area contributed by atoms with E-state index in [1.54, 1.807) is 0 Å². The number of nitrogens with zero attached hydrogens (tertiary/aromatic N) is 2. The van der Waals surface area contributed by atoms with Gasteiger partial charge in [-0.1, -0.05) is 0 Å². The maximum Gasteiger partial charge on any atom is 0.0635 e. The van der Waals surface area contributed by atoms with Crippen LogP contribution < -0.4 is 0 Å². The number of rotatable bonds is 4. The Bertz CT molecular complexity index is 133. The van der Waals surface area contributed by atoms with Crippen molar-refractivity contribution in [3.63, 3.8) is 0 Å². The molecule has 1 saturated carbocycles. The second-order valence-corrected chi connectivity index (χ2v) is 3.11. The summed E-state index contributed by atoms with van der Waals surface area (Å²) >= 11 is 0. The molecular weight excluding hydrogens is 124 g/mol. The van der Waals surface area contributed by atoms with E-state index in [2.05, 4.69) is 18.0 Å². The predicted molar refractivity (Wildman–Crippen MR) is 40.5 cm³/mol. The van der Waals surface area contributed by atoms with Crippen molar-refractivity contribution in [2.45, 2.75) is 19.3 Å². The van der Waals surface area contributed by atoms with E-state index in [0.717, 1.165) is 12.5 Å². The van der Waals surface area contributed by atoms with Crippen molar-refractivity contribution in [2.75, 3.05) is 20.1 Å². The minimum Gasteiger partial charge on any atom is -0.305 e. The molecule has 0 saturated heterocycles. The van der Waals surface area contributed by atoms with Crippen LogP contribution in [0.25, 0.3) is 0 Å². The molecule has 10 heavy (non-hydrogen) atoms. The quantitative estimate of drug-likeness (QED) is 0.584. The highest BCUT2D eigenvalue weighted by Crippen LogP contribution is 2.29. The lowest BCUT2D eigenvalue weighted by molar-refractivity contribution is 0.328. The third kappa shape index (κ3) is 2.84. The van der Waals surface area contributed by atoms with Crippen molar-refractivity contribution < 1.29 is 0 Å². The van der Waals surface area contributed by atoms with Gasteiger partial charge in [-0.15, -0.1) is 0 Å². The Hall–Kier alpha value is -0.550. The van der Waals surface area contributed by atoms with Crippen LogP contribution in [0.5, 0.6) is 0 Å². The molecule has 0 amide bonds. The van der Waals surface area contributed by atoms with Crippen LogP contribution in [0.1, 0.15) is 19.3 Å². The summed E-state index contributed by atoms with van der Waals surface area (Å²) in [6.07, 6.45) is 3.47. The average Bonchev–Trinajstić information content (AvgIpc) is 2.67. The first-order chi connectivity index (χ1) is 4.83. The first-order valence-corrected chi connectivity index (χ1v) is 3.88. The molecule has 0 bridgehead atoms. The monoisotopic (exact) mass is 138 g/mol. The molecule has 56 valence electrons. The van der Waals surface area contributed by atoms with Crippen LogP contribution in [-0.2, 0) is 0 Å². The van der Waals surface area contributed by atoms with E-state index in [-0.39, 0.29) is 0 Å². The molecule has 0 aliphatic heterocycles. The highest BCUT2D eigenvalue weighted by atomic mass is 15.1. The maximum absolute atomic E-state index is 8.29. The van der Waals surface area contributed by atoms with Gasteiger partial charge in [-0.2, -0.15) is 5.26 Å². The van der Waals surface area contributed by atoms with Crippen LogP contribution >= 0.6 is 0 Å². The Morgan fingerprint density at radius 3 is 2.80 bits per heavy atom. The molecule has 1 aliphatic carbocycles. The minimum absolute atomic E-state index is 0.670. The van der Waals surface area contributed by atoms with Crippen molar-refractivity contribution in [3.05, 3.63) is 0 Å². The molecule has 1 fully saturated rings. The first kappa shape index (κ1) is 7.56. The SMILES string of the molecule is CN(CCC#N)CC1CC1. The van der Waals surface area contributed by atoms with Crippen molar-refractivity contribution >= 4 is 0 Å². The molecule has 2 heteroatoms. The van der Waals surface area contributed by atoms with Crippen LogP contribution in [0.15, 0.2) is 0 Å². The van der Waals surface area contributed by atoms with Gasteiger partial charge in [-0.3, -0.25) is 0 Å². The smallest absolute Gasteiger partial charge is 0.0635 e. The predicted octanol–water partition coefficient (Wildman–Crippen LogP) is 1.24. The summed E-state index contributed by atoms with van der Waals surface area (Å²) in [4.78, 5) is 2.25. The summed E-state index contributed by atoms with van der Waals surface area (Å²) in [6, 6.07) is 2.15. The fourth-order valence-corrected chi connectivity index (χ4v) is 1.07. The van der Waals surface area contributed by atoms with Crippen molar-refractivity contribution in [2.24, 2.45) is 5.92 Å². The lowest BCUT2D eigenvalue weighted by Crippen LogP contribution is -2.21. The van der Waals surface area contributed by atoms with Gasteiger partial charge in [-0.25, -0.2) is 0 Å². The van der Waals surface area contributed by atoms with Crippen LogP contribution in [0, 0.1) is 17.2 Å². The molecule has 1 rings (SSSR count). The molecule has 0 radical (unpaired) electrons. The van der Waals surface area contributed by atoms with Crippen molar-refractivity contribution in [1.29, 1.82) is 5.26 Å². The van der Waals surface area contributed by atoms with Crippen LogP contribution in [0.2, 0.25) is 0 Å². The molecule has 1 aliphatic rings. The van der Waals surface area contributed by atoms with E-state index < -0.39 is 0 Å². The van der Waals surface area contributed by atoms with Crippen molar-refractivity contribution in [1.82, 2.24) is 4.90 Å². The van der Waals surface area contributed by atoms with Gasteiger partial charge in [-0.05, 0) is 25.8 Å². The molecule has 0 spiro atoms. The fourth-order valence-electron chi connectivity index (χ4n) is 1.07. The van der Waals surface area contributed by atoms with Gasteiger partial charge >= 0.3 is 0 Å². The van der Waals surface area contributed by atoms with Gasteiger partial charge in [0.25, 0.3) is 0 Å². The van der Waals surface area contributed by atoms with Crippen LogP contribution in [0.3, 0.4) is 0 Å². The molecule has 0 unspecified atom stereocenters. The topological polar surface area (TPSA) is 27.0 Å². The fraction of sp³-hybridized carbons (Fsp3) is 0.875. The lowest BCUT2D eigenvalue weighted by Gasteiger charge is -2.12. The Morgan fingerprint density at radius 2 is 2.30 bits per heavy atom. The molecule has 0 aromatic rings. The molecule has 0 atom stereocenters. The zero-order valence-electron chi connectivity index (χ0n) is 6.51. The third-order valence-electron chi connectivity index (χ3n) is 1.87. The highest BCUT2D eigenvalue weighted by molar-refractivity contribution is 4.78. The molecule has 0 N–H and O–H groups in total. The van der Waals surface area contributed by atoms with E-state index in [9.17, 15) is 0 Å². The summed E-state index contributed by atoms with van der Waals surface area (Å²) in [5, 5.41) is 8.29. The Balaban J connectivity index is 1.97. The van der Waals surface area contributed by atoms with E-state index in [0.29, 0.717) is 6.42 Å². The number of nitriles is 1. The van der Waals surface area contributed by atoms with Crippen LogP contribution in [0.4, 0.5) is 0 Å². The van der Waals surface area contributed by atoms with Gasteiger partial charge in [0.15, 0.2) is 0 Å².